The summed E-state index contributed by atoms with van der Waals surface area (Å²) in [4.78, 5) is 12.4. The number of methoxy groups -OCH3 is 1. The molecule has 0 aliphatic carbocycles. The Bertz CT molecular complexity index is 883. The van der Waals surface area contributed by atoms with Crippen molar-refractivity contribution in [2.75, 3.05) is 12.4 Å². The van der Waals surface area contributed by atoms with Crippen LogP contribution in [0, 0.1) is 0 Å². The smallest absolute Gasteiger partial charge is 0.241 e. The lowest BCUT2D eigenvalue weighted by Gasteiger charge is -2.17. The summed E-state index contributed by atoms with van der Waals surface area (Å²) in [6.07, 6.45) is 0. The number of carbonyl (C=O) groups is 1. The Morgan fingerprint density at radius 3 is 2.54 bits per heavy atom. The van der Waals surface area contributed by atoms with Crippen LogP contribution in [0.1, 0.15) is 20.8 Å². The van der Waals surface area contributed by atoms with Crippen molar-refractivity contribution in [1.82, 2.24) is 5.32 Å². The molecule has 2 aromatic carbocycles. The van der Waals surface area contributed by atoms with E-state index in [-0.39, 0.29) is 18.0 Å². The number of hydrogen-bond acceptors (Lipinski definition) is 4. The number of furan rings is 1. The van der Waals surface area contributed by atoms with Crippen LogP contribution >= 0.6 is 0 Å². The summed E-state index contributed by atoms with van der Waals surface area (Å²) in [6.45, 7) is 5.84. The van der Waals surface area contributed by atoms with E-state index in [1.165, 1.54) is 0 Å². The van der Waals surface area contributed by atoms with Crippen molar-refractivity contribution >= 4 is 33.5 Å². The summed E-state index contributed by atoms with van der Waals surface area (Å²) in [6, 6.07) is 11.5. The quantitative estimate of drug-likeness (QED) is 0.746. The number of fused-ring (bicyclic) bond motifs is 3. The molecule has 0 radical (unpaired) electrons. The van der Waals surface area contributed by atoms with E-state index in [0.717, 1.165) is 21.9 Å². The molecule has 5 heteroatoms. The summed E-state index contributed by atoms with van der Waals surface area (Å²) in [5.74, 6) is 0.497. The lowest BCUT2D eigenvalue weighted by molar-refractivity contribution is -0.117. The Labute approximate surface area is 141 Å². The molecule has 1 aromatic heterocycles. The number of benzene rings is 2. The Morgan fingerprint density at radius 1 is 1.08 bits per heavy atom. The van der Waals surface area contributed by atoms with Gasteiger partial charge in [0, 0.05) is 22.9 Å². The van der Waals surface area contributed by atoms with E-state index < -0.39 is 0 Å². The molecule has 1 amide bonds. The van der Waals surface area contributed by atoms with Gasteiger partial charge in [-0.2, -0.15) is 0 Å². The van der Waals surface area contributed by atoms with Crippen molar-refractivity contribution in [2.24, 2.45) is 0 Å². The van der Waals surface area contributed by atoms with Gasteiger partial charge < -0.3 is 19.8 Å². The average molecular weight is 326 g/mol. The maximum absolute atomic E-state index is 12.4. The summed E-state index contributed by atoms with van der Waals surface area (Å²) < 4.78 is 11.3. The fourth-order valence-electron chi connectivity index (χ4n) is 2.83. The zero-order chi connectivity index (χ0) is 17.3. The van der Waals surface area contributed by atoms with Crippen LogP contribution in [0.4, 0.5) is 5.69 Å². The van der Waals surface area contributed by atoms with Gasteiger partial charge in [0.1, 0.15) is 16.9 Å². The number of ether oxygens (including phenoxy) is 1. The highest BCUT2D eigenvalue weighted by Crippen LogP contribution is 2.36. The Kier molecular flexibility index (Phi) is 4.44. The van der Waals surface area contributed by atoms with Crippen molar-refractivity contribution in [3.63, 3.8) is 0 Å². The highest BCUT2D eigenvalue weighted by molar-refractivity contribution is 6.08. The predicted octanol–water partition coefficient (Wildman–Crippen LogP) is 3.92. The van der Waals surface area contributed by atoms with Gasteiger partial charge in [0.05, 0.1) is 18.8 Å². The molecule has 0 saturated heterocycles. The average Bonchev–Trinajstić information content (AvgIpc) is 2.90. The van der Waals surface area contributed by atoms with Crippen molar-refractivity contribution in [1.29, 1.82) is 0 Å². The molecule has 0 aliphatic heterocycles. The molecule has 1 heterocycles. The molecule has 2 N–H and O–H groups in total. The van der Waals surface area contributed by atoms with Crippen molar-refractivity contribution < 1.29 is 13.9 Å². The van der Waals surface area contributed by atoms with Crippen molar-refractivity contribution in [2.45, 2.75) is 32.9 Å². The van der Waals surface area contributed by atoms with Gasteiger partial charge >= 0.3 is 0 Å². The fourth-order valence-corrected chi connectivity index (χ4v) is 2.83. The zero-order valence-electron chi connectivity index (χ0n) is 14.3. The molecular formula is C19H22N2O3. The third-order valence-electron chi connectivity index (χ3n) is 3.93. The first kappa shape index (κ1) is 16.3. The largest absolute Gasteiger partial charge is 0.495 e. The van der Waals surface area contributed by atoms with Gasteiger partial charge in [-0.05, 0) is 19.1 Å². The normalized spacial score (nSPS) is 12.7. The first-order chi connectivity index (χ1) is 11.5. The molecule has 1 unspecified atom stereocenters. The SMILES string of the molecule is COc1cc2c(cc1NC(=O)C(C)NC(C)C)oc1ccccc12. The van der Waals surface area contributed by atoms with Gasteiger partial charge in [0.2, 0.25) is 5.91 Å². The maximum Gasteiger partial charge on any atom is 0.241 e. The van der Waals surface area contributed by atoms with Crippen LogP contribution in [0.15, 0.2) is 40.8 Å². The standard InChI is InChI=1S/C19H22N2O3/c1-11(2)20-12(3)19(22)21-15-10-17-14(9-18(15)23-4)13-7-5-6-8-16(13)24-17/h5-12,20H,1-4H3,(H,21,22). The number of para-hydroxylation sites is 1. The zero-order valence-corrected chi connectivity index (χ0v) is 14.3. The number of nitrogens with one attached hydrogen (secondary N) is 2. The topological polar surface area (TPSA) is 63.5 Å². The molecule has 1 atom stereocenters. The highest BCUT2D eigenvalue weighted by atomic mass is 16.5. The van der Waals surface area contributed by atoms with E-state index in [4.69, 9.17) is 9.15 Å². The first-order valence-corrected chi connectivity index (χ1v) is 8.05. The molecule has 5 nitrogen and oxygen atoms in total. The maximum atomic E-state index is 12.4. The molecule has 3 rings (SSSR count). The third kappa shape index (κ3) is 3.08. The van der Waals surface area contributed by atoms with Crippen LogP contribution < -0.4 is 15.4 Å². The lowest BCUT2D eigenvalue weighted by atomic mass is 10.1. The Morgan fingerprint density at radius 2 is 1.83 bits per heavy atom. The summed E-state index contributed by atoms with van der Waals surface area (Å²) >= 11 is 0. The molecule has 3 aromatic rings. The monoisotopic (exact) mass is 326 g/mol. The Balaban J connectivity index is 1.98. The number of rotatable bonds is 5. The van der Waals surface area contributed by atoms with Gasteiger partial charge in [-0.1, -0.05) is 32.0 Å². The van der Waals surface area contributed by atoms with E-state index in [1.807, 2.05) is 57.2 Å². The molecular weight excluding hydrogens is 304 g/mol. The Hall–Kier alpha value is -2.53. The molecule has 0 fully saturated rings. The van der Waals surface area contributed by atoms with Gasteiger partial charge in [-0.25, -0.2) is 0 Å². The van der Waals surface area contributed by atoms with Gasteiger partial charge in [0.15, 0.2) is 0 Å². The summed E-state index contributed by atoms with van der Waals surface area (Å²) in [5, 5.41) is 8.09. The number of amides is 1. The molecule has 0 aliphatic rings. The second-order valence-electron chi connectivity index (χ2n) is 6.18. The minimum absolute atomic E-state index is 0.113. The summed E-state index contributed by atoms with van der Waals surface area (Å²) in [7, 11) is 1.59. The van der Waals surface area contributed by atoms with E-state index in [2.05, 4.69) is 10.6 Å². The van der Waals surface area contributed by atoms with Crippen LogP contribution in [0.3, 0.4) is 0 Å². The third-order valence-corrected chi connectivity index (χ3v) is 3.93. The summed E-state index contributed by atoms with van der Waals surface area (Å²) in [5.41, 5.74) is 2.14. The van der Waals surface area contributed by atoms with E-state index in [1.54, 1.807) is 7.11 Å². The molecule has 0 spiro atoms. The van der Waals surface area contributed by atoms with Crippen molar-refractivity contribution in [3.05, 3.63) is 36.4 Å². The van der Waals surface area contributed by atoms with Crippen molar-refractivity contribution in [3.8, 4) is 5.75 Å². The first-order valence-electron chi connectivity index (χ1n) is 8.05. The van der Waals surface area contributed by atoms with E-state index >= 15 is 0 Å². The lowest BCUT2D eigenvalue weighted by Crippen LogP contribution is -2.41. The molecule has 24 heavy (non-hydrogen) atoms. The van der Waals surface area contributed by atoms with Crippen LogP contribution in [-0.4, -0.2) is 25.1 Å². The molecule has 0 bridgehead atoms. The van der Waals surface area contributed by atoms with Crippen LogP contribution in [0.25, 0.3) is 21.9 Å². The second-order valence-corrected chi connectivity index (χ2v) is 6.18. The minimum atomic E-state index is -0.305. The van der Waals surface area contributed by atoms with E-state index in [0.29, 0.717) is 11.4 Å². The van der Waals surface area contributed by atoms with Gasteiger partial charge in [0.25, 0.3) is 0 Å². The number of hydrogen-bond donors (Lipinski definition) is 2. The second kappa shape index (κ2) is 6.53. The van der Waals surface area contributed by atoms with Gasteiger partial charge in [-0.3, -0.25) is 4.79 Å². The highest BCUT2D eigenvalue weighted by Gasteiger charge is 2.17. The van der Waals surface area contributed by atoms with Crippen LogP contribution in [0.5, 0.6) is 5.75 Å². The number of anilines is 1. The van der Waals surface area contributed by atoms with Crippen LogP contribution in [-0.2, 0) is 4.79 Å². The van der Waals surface area contributed by atoms with E-state index in [9.17, 15) is 4.79 Å². The minimum Gasteiger partial charge on any atom is -0.495 e. The fraction of sp³-hybridized carbons (Fsp3) is 0.316. The van der Waals surface area contributed by atoms with Gasteiger partial charge in [-0.15, -0.1) is 0 Å². The predicted molar refractivity (Wildman–Crippen MR) is 96.6 cm³/mol. The molecule has 126 valence electrons. The van der Waals surface area contributed by atoms with Crippen LogP contribution in [0.2, 0.25) is 0 Å². The number of carbonyl (C=O) groups excluding carboxylic acids is 1. The molecule has 0 saturated carbocycles.